The van der Waals surface area contributed by atoms with Crippen molar-refractivity contribution >= 4 is 0 Å². The number of nitrogens with zero attached hydrogens (tertiary/aromatic N) is 4. The van der Waals surface area contributed by atoms with Crippen LogP contribution in [0.3, 0.4) is 0 Å². The Balaban J connectivity index is 2.50. The molecular weight excluding hydrogens is 166 g/mol. The van der Waals surface area contributed by atoms with Gasteiger partial charge < -0.3 is 5.32 Å². The van der Waals surface area contributed by atoms with Crippen LogP contribution in [0.25, 0.3) is 0 Å². The summed E-state index contributed by atoms with van der Waals surface area (Å²) in [6, 6.07) is 0.327. The molecule has 0 atom stereocenters. The first kappa shape index (κ1) is 10.1. The van der Waals surface area contributed by atoms with Crippen molar-refractivity contribution < 1.29 is 0 Å². The monoisotopic (exact) mass is 183 g/mol. The van der Waals surface area contributed by atoms with Crippen LogP contribution in [0.2, 0.25) is 0 Å². The zero-order valence-corrected chi connectivity index (χ0v) is 8.49. The van der Waals surface area contributed by atoms with E-state index in [2.05, 4.69) is 41.6 Å². The Morgan fingerprint density at radius 3 is 2.85 bits per heavy atom. The number of aromatic nitrogens is 4. The van der Waals surface area contributed by atoms with Gasteiger partial charge in [-0.3, -0.25) is 0 Å². The summed E-state index contributed by atoms with van der Waals surface area (Å²) in [4.78, 5) is 0. The van der Waals surface area contributed by atoms with E-state index in [4.69, 9.17) is 0 Å². The molecule has 0 aliphatic carbocycles. The molecule has 0 aromatic carbocycles. The summed E-state index contributed by atoms with van der Waals surface area (Å²) in [7, 11) is 0. The van der Waals surface area contributed by atoms with Gasteiger partial charge in [-0.2, -0.15) is 0 Å². The number of hydrogen-bond acceptors (Lipinski definition) is 4. The third kappa shape index (κ3) is 2.77. The Hall–Kier alpha value is -0.970. The van der Waals surface area contributed by atoms with E-state index in [1.165, 1.54) is 0 Å². The Bertz CT molecular complexity index is 242. The number of tetrazole rings is 1. The van der Waals surface area contributed by atoms with Gasteiger partial charge in [-0.25, -0.2) is 4.68 Å². The van der Waals surface area contributed by atoms with Gasteiger partial charge in [0, 0.05) is 0 Å². The summed E-state index contributed by atoms with van der Waals surface area (Å²) in [5, 5.41) is 14.8. The second kappa shape index (κ2) is 4.91. The summed E-state index contributed by atoms with van der Waals surface area (Å²) < 4.78 is 1.84. The molecule has 1 rings (SSSR count). The Morgan fingerprint density at radius 2 is 2.23 bits per heavy atom. The molecule has 13 heavy (non-hydrogen) atoms. The van der Waals surface area contributed by atoms with E-state index in [9.17, 15) is 0 Å². The average molecular weight is 183 g/mol. The van der Waals surface area contributed by atoms with Gasteiger partial charge in [0.2, 0.25) is 0 Å². The van der Waals surface area contributed by atoms with Gasteiger partial charge in [0.1, 0.15) is 0 Å². The van der Waals surface area contributed by atoms with Gasteiger partial charge in [-0.1, -0.05) is 6.92 Å². The molecule has 1 heterocycles. The molecule has 1 N–H and O–H groups in total. The Labute approximate surface area is 78.5 Å². The van der Waals surface area contributed by atoms with Crippen molar-refractivity contribution in [3.63, 3.8) is 0 Å². The van der Waals surface area contributed by atoms with E-state index in [-0.39, 0.29) is 0 Å². The van der Waals surface area contributed by atoms with E-state index in [0.717, 1.165) is 25.3 Å². The summed E-state index contributed by atoms with van der Waals surface area (Å²) >= 11 is 0. The first-order valence-corrected chi connectivity index (χ1v) is 4.73. The zero-order valence-electron chi connectivity index (χ0n) is 8.49. The zero-order chi connectivity index (χ0) is 9.68. The van der Waals surface area contributed by atoms with Crippen LogP contribution in [-0.2, 0) is 6.54 Å². The molecule has 0 bridgehead atoms. The topological polar surface area (TPSA) is 55.6 Å². The molecule has 1 aromatic rings. The second-order valence-electron chi connectivity index (χ2n) is 3.31. The molecule has 0 fully saturated rings. The van der Waals surface area contributed by atoms with Crippen LogP contribution in [0.4, 0.5) is 0 Å². The van der Waals surface area contributed by atoms with Crippen LogP contribution in [0.15, 0.2) is 0 Å². The first-order chi connectivity index (χ1) is 6.25. The summed E-state index contributed by atoms with van der Waals surface area (Å²) in [6.07, 6.45) is 1.13. The Kier molecular flexibility index (Phi) is 3.82. The SMILES string of the molecule is CCCNCc1nnnn1C(C)C. The molecule has 0 radical (unpaired) electrons. The second-order valence-corrected chi connectivity index (χ2v) is 3.31. The molecule has 5 heteroatoms. The van der Waals surface area contributed by atoms with Crippen LogP contribution in [-0.4, -0.2) is 26.8 Å². The maximum absolute atomic E-state index is 3.95. The largest absolute Gasteiger partial charge is 0.310 e. The fraction of sp³-hybridized carbons (Fsp3) is 0.875. The molecule has 0 aliphatic rings. The van der Waals surface area contributed by atoms with Gasteiger partial charge in [-0.15, -0.1) is 5.10 Å². The highest BCUT2D eigenvalue weighted by Gasteiger charge is 2.07. The van der Waals surface area contributed by atoms with Crippen LogP contribution in [0.5, 0.6) is 0 Å². The lowest BCUT2D eigenvalue weighted by molar-refractivity contribution is 0.481. The normalized spacial score (nSPS) is 11.1. The average Bonchev–Trinajstić information content (AvgIpc) is 2.53. The van der Waals surface area contributed by atoms with Crippen LogP contribution >= 0.6 is 0 Å². The predicted octanol–water partition coefficient (Wildman–Crippen LogP) is 0.754. The van der Waals surface area contributed by atoms with Gasteiger partial charge in [-0.05, 0) is 37.2 Å². The van der Waals surface area contributed by atoms with Gasteiger partial charge in [0.15, 0.2) is 5.82 Å². The standard InChI is InChI=1S/C8H17N5/c1-4-5-9-6-8-10-11-12-13(8)7(2)3/h7,9H,4-6H2,1-3H3. The van der Waals surface area contributed by atoms with Crippen molar-refractivity contribution in [1.82, 2.24) is 25.5 Å². The lowest BCUT2D eigenvalue weighted by Crippen LogP contribution is -2.19. The lowest BCUT2D eigenvalue weighted by Gasteiger charge is -2.07. The van der Waals surface area contributed by atoms with Crippen molar-refractivity contribution in [2.24, 2.45) is 0 Å². The summed E-state index contributed by atoms with van der Waals surface area (Å²) in [5.41, 5.74) is 0. The fourth-order valence-corrected chi connectivity index (χ4v) is 1.11. The van der Waals surface area contributed by atoms with Crippen molar-refractivity contribution in [3.8, 4) is 0 Å². The van der Waals surface area contributed by atoms with Crippen molar-refractivity contribution in [3.05, 3.63) is 5.82 Å². The van der Waals surface area contributed by atoms with Gasteiger partial charge in [0.05, 0.1) is 12.6 Å². The van der Waals surface area contributed by atoms with E-state index >= 15 is 0 Å². The number of nitrogens with one attached hydrogen (secondary N) is 1. The lowest BCUT2D eigenvalue weighted by atomic mass is 10.4. The fourth-order valence-electron chi connectivity index (χ4n) is 1.11. The first-order valence-electron chi connectivity index (χ1n) is 4.73. The summed E-state index contributed by atoms with van der Waals surface area (Å²) in [6.45, 7) is 8.03. The molecule has 5 nitrogen and oxygen atoms in total. The smallest absolute Gasteiger partial charge is 0.165 e. The minimum atomic E-state index is 0.327. The molecule has 0 saturated carbocycles. The highest BCUT2D eigenvalue weighted by atomic mass is 15.5. The molecular formula is C8H17N5. The quantitative estimate of drug-likeness (QED) is 0.684. The van der Waals surface area contributed by atoms with Crippen molar-refractivity contribution in [2.45, 2.75) is 39.8 Å². The predicted molar refractivity (Wildman–Crippen MR) is 50.2 cm³/mol. The summed E-state index contributed by atoms with van der Waals surface area (Å²) in [5.74, 6) is 0.906. The van der Waals surface area contributed by atoms with E-state index in [1.54, 1.807) is 0 Å². The number of rotatable bonds is 5. The Morgan fingerprint density at radius 1 is 1.46 bits per heavy atom. The number of hydrogen-bond donors (Lipinski definition) is 1. The van der Waals surface area contributed by atoms with Gasteiger partial charge >= 0.3 is 0 Å². The minimum Gasteiger partial charge on any atom is -0.310 e. The van der Waals surface area contributed by atoms with Crippen molar-refractivity contribution in [2.75, 3.05) is 6.54 Å². The molecule has 74 valence electrons. The van der Waals surface area contributed by atoms with Crippen LogP contribution in [0, 0.1) is 0 Å². The van der Waals surface area contributed by atoms with E-state index < -0.39 is 0 Å². The van der Waals surface area contributed by atoms with Crippen LogP contribution in [0.1, 0.15) is 39.1 Å². The van der Waals surface area contributed by atoms with E-state index in [1.807, 2.05) is 4.68 Å². The molecule has 0 aliphatic heterocycles. The maximum Gasteiger partial charge on any atom is 0.165 e. The molecule has 0 spiro atoms. The van der Waals surface area contributed by atoms with Crippen molar-refractivity contribution in [1.29, 1.82) is 0 Å². The third-order valence-electron chi connectivity index (χ3n) is 1.76. The van der Waals surface area contributed by atoms with Crippen LogP contribution < -0.4 is 5.32 Å². The van der Waals surface area contributed by atoms with Gasteiger partial charge in [0.25, 0.3) is 0 Å². The minimum absolute atomic E-state index is 0.327. The highest BCUT2D eigenvalue weighted by molar-refractivity contribution is 4.81. The molecule has 0 unspecified atom stereocenters. The van der Waals surface area contributed by atoms with E-state index in [0.29, 0.717) is 6.04 Å². The maximum atomic E-state index is 3.95. The highest BCUT2D eigenvalue weighted by Crippen LogP contribution is 2.02. The molecule has 1 aromatic heterocycles. The third-order valence-corrected chi connectivity index (χ3v) is 1.76. The molecule has 0 amide bonds. The molecule has 0 saturated heterocycles.